The fourth-order valence-corrected chi connectivity index (χ4v) is 2.83. The molecule has 2 aromatic carbocycles. The highest BCUT2D eigenvalue weighted by Crippen LogP contribution is 2.36. The van der Waals surface area contributed by atoms with Gasteiger partial charge in [0.05, 0.1) is 18.8 Å². The van der Waals surface area contributed by atoms with Crippen molar-refractivity contribution >= 4 is 5.69 Å². The molecule has 0 heterocycles. The summed E-state index contributed by atoms with van der Waals surface area (Å²) in [5.41, 5.74) is 5.22. The number of ether oxygens (including phenoxy) is 1. The monoisotopic (exact) mass is 253 g/mol. The Morgan fingerprint density at radius 2 is 2.00 bits per heavy atom. The maximum atomic E-state index is 5.44. The highest BCUT2D eigenvalue weighted by Gasteiger charge is 2.22. The van der Waals surface area contributed by atoms with Gasteiger partial charge in [-0.25, -0.2) is 0 Å². The van der Waals surface area contributed by atoms with Crippen molar-refractivity contribution in [1.82, 2.24) is 0 Å². The number of nitrogens with one attached hydrogen (secondary N) is 1. The maximum absolute atomic E-state index is 5.44. The first kappa shape index (κ1) is 12.1. The molecule has 0 amide bonds. The topological polar surface area (TPSA) is 21.3 Å². The van der Waals surface area contributed by atoms with E-state index in [0.717, 1.165) is 24.3 Å². The SMILES string of the molecule is COc1ccc(C)cc1NC1CCc2ccccc21. The molecule has 1 unspecified atom stereocenters. The zero-order chi connectivity index (χ0) is 13.2. The van der Waals surface area contributed by atoms with Gasteiger partial charge in [0.1, 0.15) is 5.75 Å². The maximum Gasteiger partial charge on any atom is 0.141 e. The summed E-state index contributed by atoms with van der Waals surface area (Å²) in [5.74, 6) is 0.912. The van der Waals surface area contributed by atoms with E-state index in [2.05, 4.69) is 48.6 Å². The predicted octanol–water partition coefficient (Wildman–Crippen LogP) is 4.10. The molecule has 0 saturated carbocycles. The van der Waals surface area contributed by atoms with Crippen molar-refractivity contribution in [1.29, 1.82) is 0 Å². The normalized spacial score (nSPS) is 17.1. The summed E-state index contributed by atoms with van der Waals surface area (Å²) in [5, 5.41) is 3.63. The molecule has 1 aliphatic carbocycles. The van der Waals surface area contributed by atoms with Crippen LogP contribution in [-0.2, 0) is 6.42 Å². The quantitative estimate of drug-likeness (QED) is 0.889. The minimum absolute atomic E-state index is 0.395. The number of methoxy groups -OCH3 is 1. The molecule has 0 fully saturated rings. The molecule has 3 rings (SSSR count). The molecule has 0 spiro atoms. The zero-order valence-corrected chi connectivity index (χ0v) is 11.4. The molecule has 1 atom stereocenters. The summed E-state index contributed by atoms with van der Waals surface area (Å²) < 4.78 is 5.44. The average molecular weight is 253 g/mol. The van der Waals surface area contributed by atoms with E-state index in [-0.39, 0.29) is 0 Å². The summed E-state index contributed by atoms with van der Waals surface area (Å²) in [7, 11) is 1.72. The number of fused-ring (bicyclic) bond motifs is 1. The first-order valence-electron chi connectivity index (χ1n) is 6.77. The fourth-order valence-electron chi connectivity index (χ4n) is 2.83. The van der Waals surface area contributed by atoms with Crippen molar-refractivity contribution in [2.24, 2.45) is 0 Å². The van der Waals surface area contributed by atoms with Crippen LogP contribution in [0.5, 0.6) is 5.75 Å². The van der Waals surface area contributed by atoms with E-state index in [9.17, 15) is 0 Å². The van der Waals surface area contributed by atoms with Crippen LogP contribution in [0.25, 0.3) is 0 Å². The number of rotatable bonds is 3. The molecule has 0 bridgehead atoms. The van der Waals surface area contributed by atoms with E-state index in [1.54, 1.807) is 7.11 Å². The van der Waals surface area contributed by atoms with Crippen LogP contribution >= 0.6 is 0 Å². The first-order chi connectivity index (χ1) is 9.28. The average Bonchev–Trinajstić information content (AvgIpc) is 2.83. The van der Waals surface area contributed by atoms with E-state index >= 15 is 0 Å². The van der Waals surface area contributed by atoms with E-state index in [1.807, 2.05) is 6.07 Å². The van der Waals surface area contributed by atoms with Crippen LogP contribution < -0.4 is 10.1 Å². The third-order valence-corrected chi connectivity index (χ3v) is 3.82. The van der Waals surface area contributed by atoms with Gasteiger partial charge in [0, 0.05) is 0 Å². The molecule has 0 radical (unpaired) electrons. The predicted molar refractivity (Wildman–Crippen MR) is 78.9 cm³/mol. The summed E-state index contributed by atoms with van der Waals surface area (Å²) in [6, 6.07) is 15.3. The van der Waals surface area contributed by atoms with Crippen molar-refractivity contribution in [3.8, 4) is 5.75 Å². The molecule has 98 valence electrons. The van der Waals surface area contributed by atoms with Crippen LogP contribution in [0, 0.1) is 6.92 Å². The molecular formula is C17H19NO. The lowest BCUT2D eigenvalue weighted by molar-refractivity contribution is 0.416. The summed E-state index contributed by atoms with van der Waals surface area (Å²) in [4.78, 5) is 0. The standard InChI is InChI=1S/C17H19NO/c1-12-7-10-17(19-2)16(11-12)18-15-9-8-13-5-3-4-6-14(13)15/h3-7,10-11,15,18H,8-9H2,1-2H3. The molecule has 0 aliphatic heterocycles. The van der Waals surface area contributed by atoms with Gasteiger partial charge in [-0.15, -0.1) is 0 Å². The number of anilines is 1. The molecule has 2 heteroatoms. The lowest BCUT2D eigenvalue weighted by Crippen LogP contribution is -2.08. The minimum atomic E-state index is 0.395. The van der Waals surface area contributed by atoms with E-state index in [1.165, 1.54) is 16.7 Å². The Balaban J connectivity index is 1.89. The summed E-state index contributed by atoms with van der Waals surface area (Å²) in [6.45, 7) is 2.10. The third kappa shape index (κ3) is 2.30. The number of hydrogen-bond acceptors (Lipinski definition) is 2. The first-order valence-corrected chi connectivity index (χ1v) is 6.77. The van der Waals surface area contributed by atoms with Crippen LogP contribution in [0.4, 0.5) is 5.69 Å². The van der Waals surface area contributed by atoms with E-state index in [4.69, 9.17) is 4.74 Å². The zero-order valence-electron chi connectivity index (χ0n) is 11.4. The molecule has 2 aromatic rings. The Hall–Kier alpha value is -1.96. The van der Waals surface area contributed by atoms with Gasteiger partial charge < -0.3 is 10.1 Å². The molecule has 1 aliphatic rings. The van der Waals surface area contributed by atoms with Crippen molar-refractivity contribution in [3.63, 3.8) is 0 Å². The highest BCUT2D eigenvalue weighted by atomic mass is 16.5. The Morgan fingerprint density at radius 3 is 2.84 bits per heavy atom. The largest absolute Gasteiger partial charge is 0.495 e. The van der Waals surface area contributed by atoms with Crippen molar-refractivity contribution < 1.29 is 4.74 Å². The van der Waals surface area contributed by atoms with Gasteiger partial charge in [0.2, 0.25) is 0 Å². The van der Waals surface area contributed by atoms with Gasteiger partial charge in [-0.05, 0) is 48.6 Å². The molecule has 0 saturated heterocycles. The lowest BCUT2D eigenvalue weighted by atomic mass is 10.1. The molecule has 0 aromatic heterocycles. The number of aryl methyl sites for hydroxylation is 2. The van der Waals surface area contributed by atoms with Crippen LogP contribution in [0.3, 0.4) is 0 Å². The van der Waals surface area contributed by atoms with Crippen molar-refractivity contribution in [3.05, 3.63) is 59.2 Å². The van der Waals surface area contributed by atoms with Crippen molar-refractivity contribution in [2.75, 3.05) is 12.4 Å². The Bertz CT molecular complexity index is 592. The van der Waals surface area contributed by atoms with Crippen LogP contribution in [0.2, 0.25) is 0 Å². The molecule has 19 heavy (non-hydrogen) atoms. The smallest absolute Gasteiger partial charge is 0.141 e. The number of hydrogen-bond donors (Lipinski definition) is 1. The third-order valence-electron chi connectivity index (χ3n) is 3.82. The molecular weight excluding hydrogens is 234 g/mol. The second-order valence-corrected chi connectivity index (χ2v) is 5.14. The second kappa shape index (κ2) is 4.96. The summed E-state index contributed by atoms with van der Waals surface area (Å²) >= 11 is 0. The van der Waals surface area contributed by atoms with Crippen LogP contribution in [0.15, 0.2) is 42.5 Å². The van der Waals surface area contributed by atoms with Crippen LogP contribution in [-0.4, -0.2) is 7.11 Å². The number of benzene rings is 2. The molecule has 2 nitrogen and oxygen atoms in total. The lowest BCUT2D eigenvalue weighted by Gasteiger charge is -2.18. The Labute approximate surface area is 114 Å². The van der Waals surface area contributed by atoms with Gasteiger partial charge in [-0.1, -0.05) is 30.3 Å². The summed E-state index contributed by atoms with van der Waals surface area (Å²) in [6.07, 6.45) is 2.30. The van der Waals surface area contributed by atoms with Gasteiger partial charge >= 0.3 is 0 Å². The van der Waals surface area contributed by atoms with Gasteiger partial charge in [0.15, 0.2) is 0 Å². The van der Waals surface area contributed by atoms with Crippen LogP contribution in [0.1, 0.15) is 29.2 Å². The van der Waals surface area contributed by atoms with E-state index < -0.39 is 0 Å². The highest BCUT2D eigenvalue weighted by molar-refractivity contribution is 5.59. The van der Waals surface area contributed by atoms with Gasteiger partial charge in [0.25, 0.3) is 0 Å². The Morgan fingerprint density at radius 1 is 1.16 bits per heavy atom. The van der Waals surface area contributed by atoms with Gasteiger partial charge in [-0.2, -0.15) is 0 Å². The fraction of sp³-hybridized carbons (Fsp3) is 0.294. The molecule has 1 N–H and O–H groups in total. The van der Waals surface area contributed by atoms with Gasteiger partial charge in [-0.3, -0.25) is 0 Å². The second-order valence-electron chi connectivity index (χ2n) is 5.14. The Kier molecular flexibility index (Phi) is 3.16. The van der Waals surface area contributed by atoms with Crippen molar-refractivity contribution in [2.45, 2.75) is 25.8 Å². The minimum Gasteiger partial charge on any atom is -0.495 e. The van der Waals surface area contributed by atoms with E-state index in [0.29, 0.717) is 6.04 Å².